The van der Waals surface area contributed by atoms with Crippen molar-refractivity contribution in [2.45, 2.75) is 59.4 Å². The van der Waals surface area contributed by atoms with E-state index in [1.54, 1.807) is 0 Å². The van der Waals surface area contributed by atoms with Crippen molar-refractivity contribution in [1.82, 2.24) is 0 Å². The summed E-state index contributed by atoms with van der Waals surface area (Å²) in [4.78, 5) is 4.58. The maximum Gasteiger partial charge on any atom is 0.0521 e. The van der Waals surface area contributed by atoms with Crippen LogP contribution in [0, 0.1) is 5.92 Å². The number of nitrogens with zero attached hydrogens (tertiary/aromatic N) is 1. The molecular weight excluding hydrogens is 146 g/mol. The van der Waals surface area contributed by atoms with Crippen molar-refractivity contribution in [2.75, 3.05) is 0 Å². The number of rotatable bonds is 6. The third kappa shape index (κ3) is 4.53. The van der Waals surface area contributed by atoms with Crippen LogP contribution < -0.4 is 0 Å². The first-order valence-electron chi connectivity index (χ1n) is 5.27. The van der Waals surface area contributed by atoms with Gasteiger partial charge < -0.3 is 0 Å². The molecule has 0 aliphatic heterocycles. The van der Waals surface area contributed by atoms with Crippen molar-refractivity contribution < 1.29 is 0 Å². The molecular formula is C11H23N. The summed E-state index contributed by atoms with van der Waals surface area (Å²) in [5.74, 6) is 0.743. The molecule has 0 heterocycles. The van der Waals surface area contributed by atoms with Crippen LogP contribution in [0.3, 0.4) is 0 Å². The van der Waals surface area contributed by atoms with Crippen molar-refractivity contribution in [3.8, 4) is 0 Å². The summed E-state index contributed by atoms with van der Waals surface area (Å²) in [6.07, 6.45) is 6.86. The second kappa shape index (κ2) is 7.33. The smallest absolute Gasteiger partial charge is 0.0521 e. The number of aliphatic imine (C=N–C) groups is 1. The lowest BCUT2D eigenvalue weighted by atomic mass is 9.96. The lowest BCUT2D eigenvalue weighted by Crippen LogP contribution is -2.14. The van der Waals surface area contributed by atoms with E-state index in [-0.39, 0.29) is 0 Å². The first-order valence-corrected chi connectivity index (χ1v) is 5.27. The van der Waals surface area contributed by atoms with Crippen molar-refractivity contribution >= 4 is 6.21 Å². The Labute approximate surface area is 77.3 Å². The Bertz CT molecular complexity index is 118. The van der Waals surface area contributed by atoms with E-state index in [4.69, 9.17) is 0 Å². The molecule has 1 unspecified atom stereocenters. The Balaban J connectivity index is 3.93. The quantitative estimate of drug-likeness (QED) is 0.538. The molecule has 0 aromatic carbocycles. The third-order valence-electron chi connectivity index (χ3n) is 2.36. The Morgan fingerprint density at radius 2 is 1.92 bits per heavy atom. The molecule has 0 rings (SSSR count). The molecule has 0 saturated heterocycles. The van der Waals surface area contributed by atoms with Gasteiger partial charge in [0.2, 0.25) is 0 Å². The van der Waals surface area contributed by atoms with Gasteiger partial charge >= 0.3 is 0 Å². The van der Waals surface area contributed by atoms with Gasteiger partial charge in [0.05, 0.1) is 6.04 Å². The zero-order valence-corrected chi connectivity index (χ0v) is 9.01. The predicted octanol–water partition coefficient (Wildman–Crippen LogP) is 3.68. The second-order valence-electron chi connectivity index (χ2n) is 3.48. The van der Waals surface area contributed by atoms with Crippen molar-refractivity contribution in [3.05, 3.63) is 0 Å². The highest BCUT2D eigenvalue weighted by molar-refractivity contribution is 5.56. The van der Waals surface area contributed by atoms with Crippen molar-refractivity contribution in [2.24, 2.45) is 10.9 Å². The third-order valence-corrected chi connectivity index (χ3v) is 2.36. The topological polar surface area (TPSA) is 12.4 Å². The predicted molar refractivity (Wildman–Crippen MR) is 56.9 cm³/mol. The average molecular weight is 169 g/mol. The van der Waals surface area contributed by atoms with E-state index in [0.29, 0.717) is 6.04 Å². The second-order valence-corrected chi connectivity index (χ2v) is 3.48. The largest absolute Gasteiger partial charge is 0.294 e. The molecule has 0 aromatic rings. The molecule has 0 spiro atoms. The van der Waals surface area contributed by atoms with E-state index in [9.17, 15) is 0 Å². The highest BCUT2D eigenvalue weighted by atomic mass is 14.8. The fourth-order valence-electron chi connectivity index (χ4n) is 1.31. The van der Waals surface area contributed by atoms with Gasteiger partial charge in [0, 0.05) is 0 Å². The fourth-order valence-corrected chi connectivity index (χ4v) is 1.31. The molecule has 0 aliphatic carbocycles. The molecule has 0 fully saturated rings. The fraction of sp³-hybridized carbons (Fsp3) is 0.909. The van der Waals surface area contributed by atoms with E-state index < -0.39 is 0 Å². The molecule has 2 atom stereocenters. The molecule has 0 amide bonds. The van der Waals surface area contributed by atoms with Gasteiger partial charge in [-0.15, -0.1) is 0 Å². The van der Waals surface area contributed by atoms with Crippen LogP contribution >= 0.6 is 0 Å². The van der Waals surface area contributed by atoms with E-state index >= 15 is 0 Å². The monoisotopic (exact) mass is 169 g/mol. The molecule has 0 N–H and O–H groups in total. The Kier molecular flexibility index (Phi) is 7.12. The molecule has 12 heavy (non-hydrogen) atoms. The van der Waals surface area contributed by atoms with Gasteiger partial charge in [-0.05, 0) is 25.0 Å². The van der Waals surface area contributed by atoms with E-state index in [2.05, 4.69) is 38.9 Å². The standard InChI is InChI=1S/C11H23N/c1-5-8-11(10(4)7-3)12-9-6-2/h9-11H,5-8H2,1-4H3/t10-,11?/m1/s1. The molecule has 0 saturated carbocycles. The molecule has 1 nitrogen and oxygen atoms in total. The number of hydrogen-bond acceptors (Lipinski definition) is 1. The van der Waals surface area contributed by atoms with Gasteiger partial charge in [0.1, 0.15) is 0 Å². The van der Waals surface area contributed by atoms with Crippen LogP contribution in [0.15, 0.2) is 4.99 Å². The Hall–Kier alpha value is -0.330. The SMILES string of the molecule is CCC=NC(CCC)[C@H](C)CC. The van der Waals surface area contributed by atoms with Crippen LogP contribution in [0.2, 0.25) is 0 Å². The first kappa shape index (κ1) is 11.7. The Morgan fingerprint density at radius 1 is 1.25 bits per heavy atom. The van der Waals surface area contributed by atoms with Gasteiger partial charge in [0.15, 0.2) is 0 Å². The van der Waals surface area contributed by atoms with Crippen molar-refractivity contribution in [1.29, 1.82) is 0 Å². The Morgan fingerprint density at radius 3 is 2.33 bits per heavy atom. The summed E-state index contributed by atoms with van der Waals surface area (Å²) in [5.41, 5.74) is 0. The summed E-state index contributed by atoms with van der Waals surface area (Å²) in [7, 11) is 0. The maximum absolute atomic E-state index is 4.58. The normalized spacial score (nSPS) is 16.7. The molecule has 0 aliphatic rings. The van der Waals surface area contributed by atoms with Gasteiger partial charge in [-0.25, -0.2) is 0 Å². The lowest BCUT2D eigenvalue weighted by molar-refractivity contribution is 0.420. The highest BCUT2D eigenvalue weighted by Gasteiger charge is 2.11. The summed E-state index contributed by atoms with van der Waals surface area (Å²) < 4.78 is 0. The minimum Gasteiger partial charge on any atom is -0.294 e. The van der Waals surface area contributed by atoms with Crippen molar-refractivity contribution in [3.63, 3.8) is 0 Å². The van der Waals surface area contributed by atoms with Crippen LogP contribution in [0.5, 0.6) is 0 Å². The zero-order valence-electron chi connectivity index (χ0n) is 9.01. The molecule has 0 bridgehead atoms. The summed E-state index contributed by atoms with van der Waals surface area (Å²) in [6, 6.07) is 0.569. The minimum atomic E-state index is 0.569. The molecule has 0 aromatic heterocycles. The van der Waals surface area contributed by atoms with Crippen LogP contribution in [0.25, 0.3) is 0 Å². The van der Waals surface area contributed by atoms with E-state index in [1.165, 1.54) is 19.3 Å². The average Bonchev–Trinajstić information content (AvgIpc) is 2.11. The summed E-state index contributed by atoms with van der Waals surface area (Å²) in [5, 5.41) is 0. The summed E-state index contributed by atoms with van der Waals surface area (Å²) in [6.45, 7) is 8.92. The van der Waals surface area contributed by atoms with Crippen LogP contribution in [0.4, 0.5) is 0 Å². The summed E-state index contributed by atoms with van der Waals surface area (Å²) >= 11 is 0. The van der Waals surface area contributed by atoms with Gasteiger partial charge in [0.25, 0.3) is 0 Å². The van der Waals surface area contributed by atoms with Gasteiger partial charge in [-0.1, -0.05) is 40.5 Å². The molecule has 0 radical (unpaired) electrons. The highest BCUT2D eigenvalue weighted by Crippen LogP contribution is 2.15. The van der Waals surface area contributed by atoms with Gasteiger partial charge in [-0.2, -0.15) is 0 Å². The minimum absolute atomic E-state index is 0.569. The lowest BCUT2D eigenvalue weighted by Gasteiger charge is -2.17. The molecule has 1 heteroatoms. The first-order chi connectivity index (χ1) is 5.76. The van der Waals surface area contributed by atoms with Crippen LogP contribution in [-0.2, 0) is 0 Å². The molecule has 72 valence electrons. The maximum atomic E-state index is 4.58. The van der Waals surface area contributed by atoms with Gasteiger partial charge in [-0.3, -0.25) is 4.99 Å². The van der Waals surface area contributed by atoms with Crippen LogP contribution in [0.1, 0.15) is 53.4 Å². The zero-order chi connectivity index (χ0) is 9.40. The van der Waals surface area contributed by atoms with E-state index in [0.717, 1.165) is 12.3 Å². The van der Waals surface area contributed by atoms with Crippen LogP contribution in [-0.4, -0.2) is 12.3 Å². The van der Waals surface area contributed by atoms with E-state index in [1.807, 2.05) is 0 Å². The number of hydrogen-bond donors (Lipinski definition) is 0.